The smallest absolute Gasteiger partial charge is 0.282 e. The molecule has 4 aromatic rings. The summed E-state index contributed by atoms with van der Waals surface area (Å²) in [5.41, 5.74) is 2.62. The average Bonchev–Trinajstić information content (AvgIpc) is 2.95. The van der Waals surface area contributed by atoms with E-state index in [2.05, 4.69) is 42.3 Å². The molecule has 0 unspecified atom stereocenters. The Bertz CT molecular complexity index is 1670. The Hall–Kier alpha value is -3.21. The van der Waals surface area contributed by atoms with Gasteiger partial charge in [-0.2, -0.15) is 9.78 Å². The molecule has 1 amide bonds. The predicted octanol–water partition coefficient (Wildman–Crippen LogP) is 7.70. The summed E-state index contributed by atoms with van der Waals surface area (Å²) in [4.78, 5) is 30.8. The molecule has 0 fully saturated rings. The van der Waals surface area contributed by atoms with E-state index in [1.54, 1.807) is 12.1 Å². The zero-order valence-corrected chi connectivity index (χ0v) is 26.9. The molecule has 0 spiro atoms. The van der Waals surface area contributed by atoms with Crippen molar-refractivity contribution in [2.45, 2.75) is 40.0 Å². The molecule has 214 valence electrons. The first-order chi connectivity index (χ1) is 19.6. The van der Waals surface area contributed by atoms with Crippen LogP contribution in [-0.4, -0.2) is 35.0 Å². The van der Waals surface area contributed by atoms with Crippen LogP contribution in [0.2, 0.25) is 5.02 Å². The first kappa shape index (κ1) is 30.7. The van der Waals surface area contributed by atoms with Crippen LogP contribution in [0.4, 0.5) is 5.69 Å². The van der Waals surface area contributed by atoms with Gasteiger partial charge in [0, 0.05) is 26.1 Å². The van der Waals surface area contributed by atoms with E-state index in [1.807, 2.05) is 64.1 Å². The summed E-state index contributed by atoms with van der Waals surface area (Å²) in [5, 5.41) is 7.98. The summed E-state index contributed by atoms with van der Waals surface area (Å²) in [6.07, 6.45) is 2.29. The maximum Gasteiger partial charge on any atom is 0.282 e. The Morgan fingerprint density at radius 1 is 1.15 bits per heavy atom. The molecule has 0 radical (unpaired) electrons. The van der Waals surface area contributed by atoms with Crippen LogP contribution < -0.4 is 20.3 Å². The lowest BCUT2D eigenvalue weighted by Crippen LogP contribution is -2.23. The molecule has 0 saturated heterocycles. The van der Waals surface area contributed by atoms with E-state index in [0.717, 1.165) is 16.5 Å². The largest absolute Gasteiger partial charge is 0.490 e. The minimum Gasteiger partial charge on any atom is -0.490 e. The number of ether oxygens (including phenoxy) is 2. The van der Waals surface area contributed by atoms with Gasteiger partial charge >= 0.3 is 0 Å². The monoisotopic (exact) mass is 702 g/mol. The highest BCUT2D eigenvalue weighted by atomic mass is 79.9. The molecule has 1 atom stereocenters. The van der Waals surface area contributed by atoms with Gasteiger partial charge in [0.25, 0.3) is 11.5 Å². The van der Waals surface area contributed by atoms with Crippen molar-refractivity contribution in [1.29, 1.82) is 0 Å². The van der Waals surface area contributed by atoms with Crippen LogP contribution in [0.25, 0.3) is 10.9 Å². The number of aromatic nitrogens is 2. The molecule has 3 aromatic carbocycles. The molecule has 1 N–H and O–H groups in total. The molecule has 0 aliphatic rings. The summed E-state index contributed by atoms with van der Waals surface area (Å²) < 4.78 is 14.2. The van der Waals surface area contributed by atoms with Gasteiger partial charge in [0.05, 0.1) is 23.7 Å². The number of carbonyl (C=O) groups excluding carboxylic acids is 1. The fraction of sp³-hybridized carbons (Fsp3) is 0.267. The van der Waals surface area contributed by atoms with Crippen LogP contribution >= 0.6 is 43.5 Å². The Kier molecular flexibility index (Phi) is 10.2. The highest BCUT2D eigenvalue weighted by molar-refractivity contribution is 9.10. The van der Waals surface area contributed by atoms with Gasteiger partial charge in [-0.3, -0.25) is 9.59 Å². The second-order valence-electron chi connectivity index (χ2n) is 9.36. The number of benzene rings is 3. The number of rotatable bonds is 10. The lowest BCUT2D eigenvalue weighted by Gasteiger charge is -2.16. The number of aryl methyl sites for hydroxylation is 1. The molecular weight excluding hydrogens is 676 g/mol. The predicted molar refractivity (Wildman–Crippen MR) is 171 cm³/mol. The van der Waals surface area contributed by atoms with Crippen LogP contribution in [-0.2, 0) is 4.79 Å². The van der Waals surface area contributed by atoms with E-state index in [-0.39, 0.29) is 34.8 Å². The number of hydrogen-bond acceptors (Lipinski definition) is 6. The van der Waals surface area contributed by atoms with Crippen LogP contribution in [0, 0.1) is 6.92 Å². The van der Waals surface area contributed by atoms with Crippen molar-refractivity contribution in [3.05, 3.63) is 89.8 Å². The number of halogens is 3. The van der Waals surface area contributed by atoms with Crippen molar-refractivity contribution in [1.82, 2.24) is 9.66 Å². The summed E-state index contributed by atoms with van der Waals surface area (Å²) in [6, 6.07) is 14.5. The Labute approximate surface area is 260 Å². The molecule has 0 saturated carbocycles. The van der Waals surface area contributed by atoms with E-state index >= 15 is 0 Å². The second kappa shape index (κ2) is 13.6. The lowest BCUT2D eigenvalue weighted by molar-refractivity contribution is -0.118. The zero-order chi connectivity index (χ0) is 29.7. The third-order valence-electron chi connectivity index (χ3n) is 6.34. The van der Waals surface area contributed by atoms with Gasteiger partial charge in [-0.05, 0) is 72.6 Å². The van der Waals surface area contributed by atoms with Gasteiger partial charge < -0.3 is 14.8 Å². The summed E-state index contributed by atoms with van der Waals surface area (Å²) in [6.45, 7) is 7.88. The molecule has 11 heteroatoms. The molecule has 41 heavy (non-hydrogen) atoms. The van der Waals surface area contributed by atoms with Crippen LogP contribution in [0.1, 0.15) is 50.1 Å². The third kappa shape index (κ3) is 7.17. The van der Waals surface area contributed by atoms with E-state index in [9.17, 15) is 9.59 Å². The second-order valence-corrected chi connectivity index (χ2v) is 11.4. The van der Waals surface area contributed by atoms with Crippen LogP contribution in [0.5, 0.6) is 11.5 Å². The Morgan fingerprint density at radius 2 is 1.88 bits per heavy atom. The summed E-state index contributed by atoms with van der Waals surface area (Å²) in [5.74, 6) is 0.740. The number of nitrogens with zero attached hydrogens (tertiary/aromatic N) is 3. The summed E-state index contributed by atoms with van der Waals surface area (Å²) >= 11 is 13.6. The van der Waals surface area contributed by atoms with E-state index in [4.69, 9.17) is 26.1 Å². The van der Waals surface area contributed by atoms with E-state index in [1.165, 1.54) is 10.9 Å². The van der Waals surface area contributed by atoms with Crippen molar-refractivity contribution < 1.29 is 14.3 Å². The first-order valence-corrected chi connectivity index (χ1v) is 15.0. The maximum atomic E-state index is 13.5. The normalized spacial score (nSPS) is 12.1. The lowest BCUT2D eigenvalue weighted by atomic mass is 10.1. The standard InChI is InChI=1S/C30H29Br2ClN4O4/c1-5-18(4)29-36-23-12-9-20(31)14-22(23)30(39)37(29)34-15-19-13-24(40-6-2)28(27(33)26(19)32)41-16-25(38)35-21-10-7-17(3)8-11-21/h7-15,18H,5-6,16H2,1-4H3,(H,35,38)/t18-/m0/s1. The molecule has 0 aliphatic carbocycles. The maximum absolute atomic E-state index is 13.5. The number of amides is 1. The van der Waals surface area contributed by atoms with Crippen molar-refractivity contribution in [3.8, 4) is 11.5 Å². The molecule has 1 heterocycles. The number of hydrogen-bond donors (Lipinski definition) is 1. The number of carbonyl (C=O) groups is 1. The van der Waals surface area contributed by atoms with E-state index in [0.29, 0.717) is 44.8 Å². The Balaban J connectivity index is 1.67. The van der Waals surface area contributed by atoms with Gasteiger partial charge in [0.2, 0.25) is 0 Å². The number of anilines is 1. The van der Waals surface area contributed by atoms with Gasteiger partial charge in [-0.15, -0.1) is 0 Å². The van der Waals surface area contributed by atoms with E-state index < -0.39 is 0 Å². The highest BCUT2D eigenvalue weighted by Crippen LogP contribution is 2.42. The van der Waals surface area contributed by atoms with Crippen molar-refractivity contribution in [2.75, 3.05) is 18.5 Å². The van der Waals surface area contributed by atoms with Gasteiger partial charge in [0.1, 0.15) is 10.8 Å². The van der Waals surface area contributed by atoms with Gasteiger partial charge in [-0.1, -0.05) is 59.1 Å². The first-order valence-electron chi connectivity index (χ1n) is 13.0. The zero-order valence-electron chi connectivity index (χ0n) is 23.0. The molecule has 0 bridgehead atoms. The van der Waals surface area contributed by atoms with Crippen LogP contribution in [0.3, 0.4) is 0 Å². The van der Waals surface area contributed by atoms with Gasteiger partial charge in [-0.25, -0.2) is 4.98 Å². The summed E-state index contributed by atoms with van der Waals surface area (Å²) in [7, 11) is 0. The fourth-order valence-corrected chi connectivity index (χ4v) is 4.98. The van der Waals surface area contributed by atoms with Crippen molar-refractivity contribution in [3.63, 3.8) is 0 Å². The minimum absolute atomic E-state index is 0.0132. The molecule has 4 rings (SSSR count). The van der Waals surface area contributed by atoms with Gasteiger partial charge in [0.15, 0.2) is 18.1 Å². The molecular formula is C30H29Br2ClN4O4. The molecule has 0 aliphatic heterocycles. The minimum atomic E-state index is -0.346. The molecule has 8 nitrogen and oxygen atoms in total. The number of fused-ring (bicyclic) bond motifs is 1. The average molecular weight is 705 g/mol. The fourth-order valence-electron chi connectivity index (χ4n) is 3.97. The van der Waals surface area contributed by atoms with Crippen molar-refractivity contribution >= 4 is 72.2 Å². The number of nitrogens with one attached hydrogen (secondary N) is 1. The SMILES string of the molecule is CCOc1cc(C=Nn2c([C@@H](C)CC)nc3ccc(Br)cc3c2=O)c(Br)c(Cl)c1OCC(=O)Nc1ccc(C)cc1. The van der Waals surface area contributed by atoms with Crippen LogP contribution in [0.15, 0.2) is 67.4 Å². The highest BCUT2D eigenvalue weighted by Gasteiger charge is 2.20. The Morgan fingerprint density at radius 3 is 2.56 bits per heavy atom. The third-order valence-corrected chi connectivity index (χ3v) is 8.27. The quantitative estimate of drug-likeness (QED) is 0.171. The topological polar surface area (TPSA) is 94.8 Å². The van der Waals surface area contributed by atoms with Crippen molar-refractivity contribution in [2.24, 2.45) is 5.10 Å². The molecule has 1 aromatic heterocycles.